The number of aliphatic imine (C=N–C) groups is 1. The summed E-state index contributed by atoms with van der Waals surface area (Å²) in [5.74, 6) is 1.61. The Balaban J connectivity index is 1.29. The second kappa shape index (κ2) is 12.2. The molecule has 4 aromatic rings. The van der Waals surface area contributed by atoms with Gasteiger partial charge in [-0.1, -0.05) is 60.7 Å². The van der Waals surface area contributed by atoms with Crippen LogP contribution in [0.3, 0.4) is 0 Å². The van der Waals surface area contributed by atoms with Gasteiger partial charge in [0.25, 0.3) is 5.91 Å². The molecule has 0 aromatic heterocycles. The fraction of sp³-hybridized carbons (Fsp3) is 0.222. The number of carbonyl (C=O) groups excluding carboxylic acids is 1. The van der Waals surface area contributed by atoms with E-state index in [9.17, 15) is 4.79 Å². The molecule has 222 valence electrons. The van der Waals surface area contributed by atoms with Crippen molar-refractivity contribution in [2.75, 3.05) is 32.2 Å². The van der Waals surface area contributed by atoms with Gasteiger partial charge in [-0.05, 0) is 98.7 Å². The van der Waals surface area contributed by atoms with Gasteiger partial charge in [0, 0.05) is 30.6 Å². The van der Waals surface area contributed by atoms with E-state index in [1.54, 1.807) is 14.2 Å². The van der Waals surface area contributed by atoms with E-state index in [1.807, 2.05) is 18.2 Å². The largest absolute Gasteiger partial charge is 0.493 e. The minimum atomic E-state index is -0.172. The third-order valence-corrected chi connectivity index (χ3v) is 10.1. The number of halogens is 1. The quantitative estimate of drug-likeness (QED) is 0.210. The Morgan fingerprint density at radius 2 is 1.50 bits per heavy atom. The fourth-order valence-electron chi connectivity index (χ4n) is 6.67. The predicted molar refractivity (Wildman–Crippen MR) is 183 cm³/mol. The number of nitrogens with zero attached hydrogens (tertiary/aromatic N) is 2. The van der Waals surface area contributed by atoms with Gasteiger partial charge >= 0.3 is 0 Å². The number of rotatable bonds is 6. The summed E-state index contributed by atoms with van der Waals surface area (Å²) >= 11 is 4.90. The molecule has 8 heteroatoms. The van der Waals surface area contributed by atoms with E-state index in [0.717, 1.165) is 41.7 Å². The minimum Gasteiger partial charge on any atom is -0.493 e. The molecular formula is C36H32BrN3O3S. The van der Waals surface area contributed by atoms with Gasteiger partial charge in [0.05, 0.1) is 29.3 Å². The topological polar surface area (TPSA) is 63.2 Å². The van der Waals surface area contributed by atoms with Crippen LogP contribution in [0.4, 0.5) is 11.4 Å². The second-order valence-corrected chi connectivity index (χ2v) is 13.1. The molecule has 44 heavy (non-hydrogen) atoms. The fourth-order valence-corrected chi connectivity index (χ4v) is 8.14. The van der Waals surface area contributed by atoms with Crippen LogP contribution in [0, 0.1) is 0 Å². The Kier molecular flexibility index (Phi) is 7.95. The Morgan fingerprint density at radius 3 is 2.07 bits per heavy atom. The average Bonchev–Trinajstić information content (AvgIpc) is 3.39. The molecule has 3 aliphatic rings. The Morgan fingerprint density at radius 1 is 0.886 bits per heavy atom. The molecule has 3 heterocycles. The normalized spacial score (nSPS) is 20.9. The molecule has 0 spiro atoms. The van der Waals surface area contributed by atoms with Crippen molar-refractivity contribution in [3.8, 4) is 11.5 Å². The van der Waals surface area contributed by atoms with Crippen molar-refractivity contribution < 1.29 is 14.3 Å². The van der Waals surface area contributed by atoms with Gasteiger partial charge in [0.2, 0.25) is 0 Å². The number of anilines is 1. The third kappa shape index (κ3) is 5.41. The van der Waals surface area contributed by atoms with Gasteiger partial charge in [-0.25, -0.2) is 4.99 Å². The highest BCUT2D eigenvalue weighted by Gasteiger charge is 2.35. The number of methoxy groups -OCH3 is 2. The van der Waals surface area contributed by atoms with E-state index >= 15 is 0 Å². The standard InChI is InChI=1S/C36H32BrN3O3S/c1-42-31-18-22(17-30(37)34(31)43-2)19-32-35(41)39-36(44-32)38-25-20-28-26(23-9-5-3-6-10-23)13-15-40-16-14-27(29(21-25)33(28)40)24-11-7-4-8-12-24/h3-12,17-21,26-27H,13-16H2,1-2H3,(H,38,39,41)/b32-19-/t26-,27-/m1/s1. The number of nitrogens with one attached hydrogen (secondary N) is 1. The average molecular weight is 667 g/mol. The van der Waals surface area contributed by atoms with Crippen molar-refractivity contribution in [3.05, 3.63) is 122 Å². The molecule has 3 aliphatic heterocycles. The first-order valence-electron chi connectivity index (χ1n) is 14.8. The lowest BCUT2D eigenvalue weighted by Crippen LogP contribution is -2.37. The number of carbonyl (C=O) groups is 1. The van der Waals surface area contributed by atoms with E-state index in [2.05, 4.69) is 98.9 Å². The molecule has 0 aliphatic carbocycles. The van der Waals surface area contributed by atoms with Gasteiger partial charge in [0.1, 0.15) is 0 Å². The van der Waals surface area contributed by atoms with Gasteiger partial charge in [-0.15, -0.1) is 0 Å². The van der Waals surface area contributed by atoms with E-state index in [1.165, 1.54) is 39.7 Å². The molecule has 1 N–H and O–H groups in total. The highest BCUT2D eigenvalue weighted by molar-refractivity contribution is 9.10. The lowest BCUT2D eigenvalue weighted by atomic mass is 9.76. The summed E-state index contributed by atoms with van der Waals surface area (Å²) in [6.07, 6.45) is 3.97. The van der Waals surface area contributed by atoms with Crippen LogP contribution in [0.25, 0.3) is 6.08 Å². The molecule has 1 fully saturated rings. The van der Waals surface area contributed by atoms with Crippen LogP contribution in [0.5, 0.6) is 11.5 Å². The monoisotopic (exact) mass is 665 g/mol. The first kappa shape index (κ1) is 28.7. The number of thioether (sulfide) groups is 1. The van der Waals surface area contributed by atoms with E-state index < -0.39 is 0 Å². The number of ether oxygens (including phenoxy) is 2. The summed E-state index contributed by atoms with van der Waals surface area (Å²) in [5.41, 5.74) is 8.34. The molecule has 1 saturated heterocycles. The number of benzene rings is 4. The smallest absolute Gasteiger partial charge is 0.264 e. The summed E-state index contributed by atoms with van der Waals surface area (Å²) < 4.78 is 11.7. The third-order valence-electron chi connectivity index (χ3n) is 8.64. The first-order valence-corrected chi connectivity index (χ1v) is 16.4. The predicted octanol–water partition coefficient (Wildman–Crippen LogP) is 8.24. The highest BCUT2D eigenvalue weighted by Crippen LogP contribution is 2.50. The zero-order chi connectivity index (χ0) is 30.2. The highest BCUT2D eigenvalue weighted by atomic mass is 79.9. The molecule has 6 nitrogen and oxygen atoms in total. The van der Waals surface area contributed by atoms with Gasteiger partial charge in [-0.3, -0.25) is 4.79 Å². The molecular weight excluding hydrogens is 634 g/mol. The lowest BCUT2D eigenvalue weighted by molar-refractivity contribution is -0.115. The van der Waals surface area contributed by atoms with Crippen LogP contribution >= 0.6 is 27.7 Å². The second-order valence-electron chi connectivity index (χ2n) is 11.2. The Hall–Kier alpha value is -4.01. The molecule has 2 atom stereocenters. The minimum absolute atomic E-state index is 0.172. The maximum Gasteiger partial charge on any atom is 0.264 e. The van der Waals surface area contributed by atoms with Crippen molar-refractivity contribution in [2.45, 2.75) is 24.7 Å². The van der Waals surface area contributed by atoms with Crippen LogP contribution in [0.1, 0.15) is 52.5 Å². The van der Waals surface area contributed by atoms with Crippen molar-refractivity contribution in [1.82, 2.24) is 5.32 Å². The first-order chi connectivity index (χ1) is 21.5. The maximum absolute atomic E-state index is 13.1. The molecule has 1 amide bonds. The van der Waals surface area contributed by atoms with E-state index in [-0.39, 0.29) is 5.91 Å². The molecule has 7 rings (SSSR count). The summed E-state index contributed by atoms with van der Waals surface area (Å²) in [7, 11) is 3.19. The SMILES string of the molecule is COc1cc(/C=C2\SC(=Nc3cc4c5c(c3)[C@@H](c3ccccc3)CCN5CC[C@@H]4c3ccccc3)NC2=O)cc(Br)c1OC. The molecule has 0 bridgehead atoms. The Labute approximate surface area is 270 Å². The van der Waals surface area contributed by atoms with Gasteiger partial charge < -0.3 is 19.7 Å². The number of amidine groups is 1. The summed E-state index contributed by atoms with van der Waals surface area (Å²) in [4.78, 5) is 21.2. The Bertz CT molecular complexity index is 1720. The van der Waals surface area contributed by atoms with Crippen LogP contribution in [-0.4, -0.2) is 38.4 Å². The van der Waals surface area contributed by atoms with Crippen molar-refractivity contribution >= 4 is 56.2 Å². The van der Waals surface area contributed by atoms with Crippen molar-refractivity contribution in [2.24, 2.45) is 4.99 Å². The van der Waals surface area contributed by atoms with Crippen LogP contribution in [0.15, 0.2) is 99.3 Å². The zero-order valence-electron chi connectivity index (χ0n) is 24.5. The van der Waals surface area contributed by atoms with Crippen molar-refractivity contribution in [1.29, 1.82) is 0 Å². The molecule has 0 saturated carbocycles. The number of amides is 1. The lowest BCUT2D eigenvalue weighted by Gasteiger charge is -2.43. The molecule has 0 unspecified atom stereocenters. The van der Waals surface area contributed by atoms with Crippen LogP contribution in [-0.2, 0) is 4.79 Å². The number of hydrogen-bond donors (Lipinski definition) is 1. The molecule has 4 aromatic carbocycles. The summed E-state index contributed by atoms with van der Waals surface area (Å²) in [5, 5.41) is 3.57. The zero-order valence-corrected chi connectivity index (χ0v) is 27.0. The summed E-state index contributed by atoms with van der Waals surface area (Å²) in [6.45, 7) is 2.09. The van der Waals surface area contributed by atoms with E-state index in [0.29, 0.717) is 33.4 Å². The van der Waals surface area contributed by atoms with Gasteiger partial charge in [-0.2, -0.15) is 0 Å². The van der Waals surface area contributed by atoms with Crippen LogP contribution < -0.4 is 19.7 Å². The van der Waals surface area contributed by atoms with Gasteiger partial charge in [0.15, 0.2) is 16.7 Å². The van der Waals surface area contributed by atoms with Crippen LogP contribution in [0.2, 0.25) is 0 Å². The maximum atomic E-state index is 13.1. The van der Waals surface area contributed by atoms with E-state index in [4.69, 9.17) is 14.5 Å². The van der Waals surface area contributed by atoms with Crippen molar-refractivity contribution in [3.63, 3.8) is 0 Å². The number of hydrogen-bond acceptors (Lipinski definition) is 6. The molecule has 0 radical (unpaired) electrons. The summed E-state index contributed by atoms with van der Waals surface area (Å²) in [6, 6.07) is 29.8.